The maximum absolute atomic E-state index is 12.6. The highest BCUT2D eigenvalue weighted by Crippen LogP contribution is 2.39. The molecule has 0 saturated carbocycles. The van der Waals surface area contributed by atoms with Crippen LogP contribution >= 0.6 is 11.6 Å². The predicted molar refractivity (Wildman–Crippen MR) is 153 cm³/mol. The average molecular weight is 542 g/mol. The Bertz CT molecular complexity index is 1550. The highest BCUT2D eigenvalue weighted by molar-refractivity contribution is 6.32. The molecule has 39 heavy (non-hydrogen) atoms. The quantitative estimate of drug-likeness (QED) is 0.251. The number of ether oxygens (including phenoxy) is 2. The van der Waals surface area contributed by atoms with E-state index in [1.807, 2.05) is 50.2 Å². The van der Waals surface area contributed by atoms with Crippen molar-refractivity contribution >= 4 is 34.1 Å². The molecule has 0 aliphatic carbocycles. The van der Waals surface area contributed by atoms with Gasteiger partial charge in [0.15, 0.2) is 0 Å². The second kappa shape index (κ2) is 12.9. The van der Waals surface area contributed by atoms with Crippen molar-refractivity contribution in [1.29, 1.82) is 5.26 Å². The van der Waals surface area contributed by atoms with Crippen LogP contribution < -0.4 is 14.8 Å². The first-order valence-corrected chi connectivity index (χ1v) is 12.7. The van der Waals surface area contributed by atoms with Crippen LogP contribution in [0.2, 0.25) is 5.02 Å². The number of nitrogens with one attached hydrogen (secondary N) is 1. The van der Waals surface area contributed by atoms with Crippen molar-refractivity contribution in [1.82, 2.24) is 14.9 Å². The maximum Gasteiger partial charge on any atom is 0.248 e. The van der Waals surface area contributed by atoms with Crippen LogP contribution in [0.25, 0.3) is 22.0 Å². The van der Waals surface area contributed by atoms with E-state index in [1.165, 1.54) is 12.3 Å². The lowest BCUT2D eigenvalue weighted by molar-refractivity contribution is -0.111. The van der Waals surface area contributed by atoms with Crippen LogP contribution in [-0.4, -0.2) is 48.0 Å². The fourth-order valence-corrected chi connectivity index (χ4v) is 4.18. The van der Waals surface area contributed by atoms with Gasteiger partial charge in [-0.25, -0.2) is 0 Å². The second-order valence-electron chi connectivity index (χ2n) is 8.87. The molecule has 0 radical (unpaired) electrons. The van der Waals surface area contributed by atoms with Crippen LogP contribution in [0.15, 0.2) is 73.1 Å². The number of halogens is 1. The van der Waals surface area contributed by atoms with E-state index < -0.39 is 0 Å². The Hall–Kier alpha value is -4.45. The van der Waals surface area contributed by atoms with Gasteiger partial charge in [0.05, 0.1) is 34.1 Å². The summed E-state index contributed by atoms with van der Waals surface area (Å²) >= 11 is 6.60. The first-order chi connectivity index (χ1) is 18.9. The average Bonchev–Trinajstić information content (AvgIpc) is 2.92. The molecule has 0 aliphatic heterocycles. The Kier molecular flexibility index (Phi) is 9.10. The summed E-state index contributed by atoms with van der Waals surface area (Å²) in [5.41, 5.74) is 3.58. The van der Waals surface area contributed by atoms with Crippen molar-refractivity contribution in [2.24, 2.45) is 0 Å². The molecule has 0 aliphatic rings. The molecule has 0 spiro atoms. The molecule has 8 nitrogen and oxygen atoms in total. The lowest BCUT2D eigenvalue weighted by Crippen LogP contribution is -2.13. The third-order valence-corrected chi connectivity index (χ3v) is 6.00. The number of benzene rings is 2. The summed E-state index contributed by atoms with van der Waals surface area (Å²) in [6.07, 6.45) is 6.48. The molecule has 198 valence electrons. The number of hydrogen-bond acceptors (Lipinski definition) is 7. The highest BCUT2D eigenvalue weighted by Gasteiger charge is 2.17. The number of aromatic nitrogens is 2. The summed E-state index contributed by atoms with van der Waals surface area (Å²) in [4.78, 5) is 23.3. The van der Waals surface area contributed by atoms with Crippen molar-refractivity contribution in [3.8, 4) is 28.7 Å². The summed E-state index contributed by atoms with van der Waals surface area (Å²) < 4.78 is 11.7. The van der Waals surface area contributed by atoms with Crippen LogP contribution in [0.5, 0.6) is 11.5 Å². The van der Waals surface area contributed by atoms with Gasteiger partial charge in [-0.3, -0.25) is 14.8 Å². The zero-order valence-electron chi connectivity index (χ0n) is 21.9. The number of amides is 1. The van der Waals surface area contributed by atoms with Crippen molar-refractivity contribution < 1.29 is 14.3 Å². The third kappa shape index (κ3) is 6.90. The number of nitrogens with zero attached hydrogens (tertiary/aromatic N) is 4. The van der Waals surface area contributed by atoms with Crippen molar-refractivity contribution in [2.45, 2.75) is 13.5 Å². The van der Waals surface area contributed by atoms with Crippen molar-refractivity contribution in [3.05, 3.63) is 89.4 Å². The molecule has 2 aromatic heterocycles. The van der Waals surface area contributed by atoms with E-state index in [-0.39, 0.29) is 12.5 Å². The molecule has 0 fully saturated rings. The van der Waals surface area contributed by atoms with Crippen LogP contribution in [-0.2, 0) is 11.4 Å². The third-order valence-electron chi connectivity index (χ3n) is 5.71. The van der Waals surface area contributed by atoms with Gasteiger partial charge in [-0.2, -0.15) is 5.26 Å². The topological polar surface area (TPSA) is 100 Å². The Balaban J connectivity index is 1.73. The normalized spacial score (nSPS) is 11.1. The molecule has 1 amide bonds. The number of nitriles is 1. The van der Waals surface area contributed by atoms with Crippen molar-refractivity contribution in [3.63, 3.8) is 0 Å². The Morgan fingerprint density at radius 2 is 1.97 bits per heavy atom. The van der Waals surface area contributed by atoms with Crippen LogP contribution in [0, 0.1) is 11.3 Å². The number of pyridine rings is 2. The number of carbonyl (C=O) groups excluding carboxylic acids is 1. The Morgan fingerprint density at radius 3 is 2.67 bits per heavy atom. The minimum atomic E-state index is -0.291. The molecule has 4 rings (SSSR count). The molecule has 0 unspecified atom stereocenters. The lowest BCUT2D eigenvalue weighted by Gasteiger charge is -2.16. The van der Waals surface area contributed by atoms with Gasteiger partial charge in [0.2, 0.25) is 5.91 Å². The van der Waals surface area contributed by atoms with Gasteiger partial charge >= 0.3 is 0 Å². The van der Waals surface area contributed by atoms with Gasteiger partial charge in [-0.1, -0.05) is 29.8 Å². The molecular formula is C30H28ClN5O3. The standard InChI is InChI=1S/C30H28ClN5O3/c1-4-38-28-16-25-23(15-26(28)35-29(37)9-7-13-36(2)3)30(21(17-32)18-34-25)20-10-11-27(24(31)14-20)39-19-22-8-5-6-12-33-22/h5-12,14-16,18H,4,13,19H2,1-3H3,(H,35,37)/b9-7+. The SMILES string of the molecule is CCOc1cc2ncc(C#N)c(-c3ccc(OCc4ccccn4)c(Cl)c3)c2cc1NC(=O)/C=C/CN(C)C. The molecule has 2 heterocycles. The molecule has 0 atom stereocenters. The molecule has 1 N–H and O–H groups in total. The van der Waals surface area contributed by atoms with Crippen LogP contribution in [0.4, 0.5) is 5.69 Å². The van der Waals surface area contributed by atoms with E-state index >= 15 is 0 Å². The minimum absolute atomic E-state index is 0.272. The fourth-order valence-electron chi connectivity index (χ4n) is 3.94. The molecule has 9 heteroatoms. The van der Waals surface area contributed by atoms with E-state index in [9.17, 15) is 10.1 Å². The zero-order valence-corrected chi connectivity index (χ0v) is 22.7. The number of rotatable bonds is 10. The smallest absolute Gasteiger partial charge is 0.248 e. The van der Waals surface area contributed by atoms with Gasteiger partial charge in [0, 0.05) is 42.0 Å². The largest absolute Gasteiger partial charge is 0.492 e. The molecule has 0 saturated heterocycles. The van der Waals surface area contributed by atoms with Crippen LogP contribution in [0.1, 0.15) is 18.2 Å². The number of likely N-dealkylation sites (N-methyl/N-ethyl adjacent to an activating group) is 1. The number of carbonyl (C=O) groups is 1. The summed E-state index contributed by atoms with van der Waals surface area (Å²) in [6, 6.07) is 16.7. The fraction of sp³-hybridized carbons (Fsp3) is 0.200. The monoisotopic (exact) mass is 541 g/mol. The van der Waals surface area contributed by atoms with E-state index in [0.29, 0.717) is 63.0 Å². The minimum Gasteiger partial charge on any atom is -0.492 e. The van der Waals surface area contributed by atoms with Gasteiger partial charge in [-0.05, 0) is 56.9 Å². The summed E-state index contributed by atoms with van der Waals surface area (Å²) in [5, 5.41) is 13.9. The van der Waals surface area contributed by atoms with E-state index in [4.69, 9.17) is 21.1 Å². The van der Waals surface area contributed by atoms with Gasteiger partial charge in [-0.15, -0.1) is 0 Å². The molecular weight excluding hydrogens is 514 g/mol. The number of fused-ring (bicyclic) bond motifs is 1. The first-order valence-electron chi connectivity index (χ1n) is 12.3. The maximum atomic E-state index is 12.6. The lowest BCUT2D eigenvalue weighted by atomic mass is 9.96. The number of hydrogen-bond donors (Lipinski definition) is 1. The molecule has 2 aromatic carbocycles. The van der Waals surface area contributed by atoms with Gasteiger partial charge in [0.25, 0.3) is 0 Å². The Labute approximate surface area is 232 Å². The number of anilines is 1. The predicted octanol–water partition coefficient (Wildman–Crippen LogP) is 5.86. The van der Waals surface area contributed by atoms with Crippen molar-refractivity contribution in [2.75, 3.05) is 32.6 Å². The highest BCUT2D eigenvalue weighted by atomic mass is 35.5. The van der Waals surface area contributed by atoms with E-state index in [1.54, 1.807) is 36.5 Å². The summed E-state index contributed by atoms with van der Waals surface area (Å²) in [5.74, 6) is 0.693. The Morgan fingerprint density at radius 1 is 1.13 bits per heavy atom. The van der Waals surface area contributed by atoms with E-state index in [2.05, 4.69) is 21.4 Å². The van der Waals surface area contributed by atoms with Gasteiger partial charge in [0.1, 0.15) is 24.2 Å². The van der Waals surface area contributed by atoms with Crippen LogP contribution in [0.3, 0.4) is 0 Å². The molecule has 4 aromatic rings. The molecule has 0 bridgehead atoms. The second-order valence-corrected chi connectivity index (χ2v) is 9.27. The summed E-state index contributed by atoms with van der Waals surface area (Å²) in [7, 11) is 3.84. The summed E-state index contributed by atoms with van der Waals surface area (Å²) in [6.45, 7) is 3.17. The van der Waals surface area contributed by atoms with Gasteiger partial charge < -0.3 is 19.7 Å². The first kappa shape index (κ1) is 27.6. The van der Waals surface area contributed by atoms with E-state index in [0.717, 1.165) is 5.69 Å². The zero-order chi connectivity index (χ0) is 27.8.